The molecule has 2 aromatic carbocycles. The van der Waals surface area contributed by atoms with E-state index in [4.69, 9.17) is 21.6 Å². The molecule has 2 rings (SSSR count). The van der Waals surface area contributed by atoms with Gasteiger partial charge in [-0.3, -0.25) is 0 Å². The molecule has 0 radical (unpaired) electrons. The number of benzene rings is 2. The van der Waals surface area contributed by atoms with Crippen LogP contribution in [0, 0.1) is 11.3 Å². The van der Waals surface area contributed by atoms with E-state index in [0.29, 0.717) is 22.9 Å². The summed E-state index contributed by atoms with van der Waals surface area (Å²) in [5.74, 6) is 0.602. The first-order valence-corrected chi connectivity index (χ1v) is 5.54. The highest BCUT2D eigenvalue weighted by Crippen LogP contribution is 2.18. The molecular weight excluding hydrogens is 234 g/mol. The summed E-state index contributed by atoms with van der Waals surface area (Å²) < 4.78 is 5.59. The Morgan fingerprint density at radius 3 is 2.47 bits per heavy atom. The van der Waals surface area contributed by atoms with Crippen LogP contribution in [0.4, 0.5) is 0 Å². The second-order valence-electron chi connectivity index (χ2n) is 3.52. The van der Waals surface area contributed by atoms with Gasteiger partial charge in [0.15, 0.2) is 0 Å². The highest BCUT2D eigenvalue weighted by molar-refractivity contribution is 6.30. The Morgan fingerprint density at radius 1 is 1.06 bits per heavy atom. The molecule has 2 aromatic rings. The summed E-state index contributed by atoms with van der Waals surface area (Å²) in [6.45, 7) is 0.426. The summed E-state index contributed by atoms with van der Waals surface area (Å²) in [6.07, 6.45) is 0. The number of hydrogen-bond acceptors (Lipinski definition) is 2. The van der Waals surface area contributed by atoms with Gasteiger partial charge < -0.3 is 4.74 Å². The zero-order valence-electron chi connectivity index (χ0n) is 9.06. The van der Waals surface area contributed by atoms with Crippen molar-refractivity contribution in [2.24, 2.45) is 0 Å². The predicted octanol–water partition coefficient (Wildman–Crippen LogP) is 3.79. The molecule has 0 bridgehead atoms. The lowest BCUT2D eigenvalue weighted by Crippen LogP contribution is -1.96. The number of halogens is 1. The number of nitrogens with zero attached hydrogens (tertiary/aromatic N) is 1. The van der Waals surface area contributed by atoms with Gasteiger partial charge in [0.25, 0.3) is 0 Å². The maximum atomic E-state index is 8.90. The smallest absolute Gasteiger partial charge is 0.137 e. The number of para-hydroxylation sites is 1. The minimum atomic E-state index is 0.426. The fourth-order valence-electron chi connectivity index (χ4n) is 1.43. The number of ether oxygens (including phenoxy) is 1. The predicted molar refractivity (Wildman–Crippen MR) is 66.9 cm³/mol. The van der Waals surface area contributed by atoms with Gasteiger partial charge in [-0.25, -0.2) is 0 Å². The van der Waals surface area contributed by atoms with Crippen molar-refractivity contribution >= 4 is 11.6 Å². The summed E-state index contributed by atoms with van der Waals surface area (Å²) in [7, 11) is 0. The van der Waals surface area contributed by atoms with E-state index in [2.05, 4.69) is 6.07 Å². The van der Waals surface area contributed by atoms with Crippen LogP contribution >= 0.6 is 11.6 Å². The quantitative estimate of drug-likeness (QED) is 0.822. The number of hydrogen-bond donors (Lipinski definition) is 0. The largest absolute Gasteiger partial charge is 0.488 e. The Bertz CT molecular complexity index is 543. The zero-order valence-corrected chi connectivity index (χ0v) is 9.82. The van der Waals surface area contributed by atoms with E-state index in [1.807, 2.05) is 36.4 Å². The van der Waals surface area contributed by atoms with Gasteiger partial charge in [0.05, 0.1) is 5.56 Å². The molecule has 0 saturated carbocycles. The number of nitriles is 1. The molecule has 3 heteroatoms. The van der Waals surface area contributed by atoms with Crippen molar-refractivity contribution in [3.05, 3.63) is 64.7 Å². The van der Waals surface area contributed by atoms with Crippen LogP contribution in [0.1, 0.15) is 11.1 Å². The average Bonchev–Trinajstić information content (AvgIpc) is 2.38. The molecule has 0 aliphatic carbocycles. The summed E-state index contributed by atoms with van der Waals surface area (Å²) in [5, 5.41) is 9.60. The standard InChI is InChI=1S/C14H10ClNO/c15-13-7-5-11(6-8-13)10-17-14-4-2-1-3-12(14)9-16/h1-8H,10H2. The van der Waals surface area contributed by atoms with Gasteiger partial charge in [-0.05, 0) is 29.8 Å². The van der Waals surface area contributed by atoms with E-state index in [1.54, 1.807) is 12.1 Å². The van der Waals surface area contributed by atoms with Crippen molar-refractivity contribution in [1.82, 2.24) is 0 Å². The molecular formula is C14H10ClNO. The third kappa shape index (κ3) is 2.99. The summed E-state index contributed by atoms with van der Waals surface area (Å²) >= 11 is 5.79. The Labute approximate surface area is 105 Å². The molecule has 2 nitrogen and oxygen atoms in total. The molecule has 0 N–H and O–H groups in total. The van der Waals surface area contributed by atoms with Crippen molar-refractivity contribution in [3.8, 4) is 11.8 Å². The first kappa shape index (κ1) is 11.5. The Hall–Kier alpha value is -1.98. The summed E-state index contributed by atoms with van der Waals surface area (Å²) in [6, 6.07) is 16.7. The Kier molecular flexibility index (Phi) is 3.64. The molecule has 0 aliphatic heterocycles. The highest BCUT2D eigenvalue weighted by atomic mass is 35.5. The van der Waals surface area contributed by atoms with E-state index in [0.717, 1.165) is 5.56 Å². The lowest BCUT2D eigenvalue weighted by Gasteiger charge is -2.07. The molecule has 0 heterocycles. The monoisotopic (exact) mass is 243 g/mol. The zero-order chi connectivity index (χ0) is 12.1. The second-order valence-corrected chi connectivity index (χ2v) is 3.96. The molecule has 84 valence electrons. The minimum absolute atomic E-state index is 0.426. The van der Waals surface area contributed by atoms with E-state index in [1.165, 1.54) is 0 Å². The molecule has 0 aromatic heterocycles. The molecule has 0 atom stereocenters. The normalized spacial score (nSPS) is 9.65. The SMILES string of the molecule is N#Cc1ccccc1OCc1ccc(Cl)cc1. The van der Waals surface area contributed by atoms with E-state index in [9.17, 15) is 0 Å². The third-order valence-electron chi connectivity index (χ3n) is 2.32. The first-order valence-electron chi connectivity index (χ1n) is 5.16. The molecule has 17 heavy (non-hydrogen) atoms. The first-order chi connectivity index (χ1) is 8.29. The van der Waals surface area contributed by atoms with E-state index < -0.39 is 0 Å². The van der Waals surface area contributed by atoms with Crippen LogP contribution in [0.3, 0.4) is 0 Å². The minimum Gasteiger partial charge on any atom is -0.488 e. The third-order valence-corrected chi connectivity index (χ3v) is 2.57. The van der Waals surface area contributed by atoms with Gasteiger partial charge >= 0.3 is 0 Å². The van der Waals surface area contributed by atoms with Crippen LogP contribution in [0.2, 0.25) is 5.02 Å². The van der Waals surface area contributed by atoms with Gasteiger partial charge in [0.1, 0.15) is 18.4 Å². The molecule has 0 amide bonds. The van der Waals surface area contributed by atoms with Crippen molar-refractivity contribution in [3.63, 3.8) is 0 Å². The second kappa shape index (κ2) is 5.38. The van der Waals surface area contributed by atoms with Crippen LogP contribution in [-0.4, -0.2) is 0 Å². The van der Waals surface area contributed by atoms with Crippen LogP contribution in [0.25, 0.3) is 0 Å². The Morgan fingerprint density at radius 2 is 1.76 bits per heavy atom. The lowest BCUT2D eigenvalue weighted by molar-refractivity contribution is 0.305. The average molecular weight is 244 g/mol. The Balaban J connectivity index is 2.08. The van der Waals surface area contributed by atoms with Crippen molar-refractivity contribution < 1.29 is 4.74 Å². The molecule has 0 spiro atoms. The van der Waals surface area contributed by atoms with E-state index in [-0.39, 0.29) is 0 Å². The van der Waals surface area contributed by atoms with Crippen LogP contribution in [0.5, 0.6) is 5.75 Å². The lowest BCUT2D eigenvalue weighted by atomic mass is 10.2. The van der Waals surface area contributed by atoms with Crippen molar-refractivity contribution in [2.75, 3.05) is 0 Å². The molecule has 0 unspecified atom stereocenters. The van der Waals surface area contributed by atoms with Gasteiger partial charge in [-0.15, -0.1) is 0 Å². The maximum Gasteiger partial charge on any atom is 0.137 e. The summed E-state index contributed by atoms with van der Waals surface area (Å²) in [4.78, 5) is 0. The van der Waals surface area contributed by atoms with Crippen LogP contribution in [0.15, 0.2) is 48.5 Å². The fraction of sp³-hybridized carbons (Fsp3) is 0.0714. The van der Waals surface area contributed by atoms with Gasteiger partial charge in [-0.1, -0.05) is 35.9 Å². The van der Waals surface area contributed by atoms with Crippen molar-refractivity contribution in [2.45, 2.75) is 6.61 Å². The van der Waals surface area contributed by atoms with Crippen LogP contribution < -0.4 is 4.74 Å². The fourth-order valence-corrected chi connectivity index (χ4v) is 1.55. The molecule has 0 saturated heterocycles. The van der Waals surface area contributed by atoms with Gasteiger partial charge in [-0.2, -0.15) is 5.26 Å². The van der Waals surface area contributed by atoms with E-state index >= 15 is 0 Å². The molecule has 0 aliphatic rings. The highest BCUT2D eigenvalue weighted by Gasteiger charge is 2.01. The summed E-state index contributed by atoms with van der Waals surface area (Å²) in [5.41, 5.74) is 1.56. The maximum absolute atomic E-state index is 8.90. The van der Waals surface area contributed by atoms with Gasteiger partial charge in [0, 0.05) is 5.02 Å². The van der Waals surface area contributed by atoms with Crippen molar-refractivity contribution in [1.29, 1.82) is 5.26 Å². The van der Waals surface area contributed by atoms with Crippen LogP contribution in [-0.2, 0) is 6.61 Å². The topological polar surface area (TPSA) is 33.0 Å². The molecule has 0 fully saturated rings. The number of rotatable bonds is 3. The van der Waals surface area contributed by atoms with Gasteiger partial charge in [0.2, 0.25) is 0 Å².